The summed E-state index contributed by atoms with van der Waals surface area (Å²) in [4.78, 5) is 27.6. The van der Waals surface area contributed by atoms with Gasteiger partial charge in [0.2, 0.25) is 0 Å². The zero-order valence-corrected chi connectivity index (χ0v) is 25.1. The third kappa shape index (κ3) is 8.05. The molecule has 1 heterocycles. The van der Waals surface area contributed by atoms with Gasteiger partial charge in [0.1, 0.15) is 6.04 Å². The van der Waals surface area contributed by atoms with Crippen molar-refractivity contribution < 1.29 is 14.7 Å². The van der Waals surface area contributed by atoms with Crippen LogP contribution in [0.15, 0.2) is 84.2 Å². The first-order valence-corrected chi connectivity index (χ1v) is 15.2. The summed E-state index contributed by atoms with van der Waals surface area (Å²) in [5, 5.41) is 15.8. The van der Waals surface area contributed by atoms with Gasteiger partial charge in [-0.15, -0.1) is 11.3 Å². The zero-order chi connectivity index (χ0) is 27.8. The molecule has 0 fully saturated rings. The minimum atomic E-state index is -1.02. The van der Waals surface area contributed by atoms with Crippen LogP contribution in [-0.4, -0.2) is 53.9 Å². The van der Waals surface area contributed by atoms with Gasteiger partial charge in [-0.2, -0.15) is 11.8 Å². The number of carboxylic acid groups (broad SMARTS) is 1. The van der Waals surface area contributed by atoms with Gasteiger partial charge < -0.3 is 15.3 Å². The summed E-state index contributed by atoms with van der Waals surface area (Å²) in [6.45, 7) is 5.59. The van der Waals surface area contributed by atoms with E-state index >= 15 is 0 Å². The average Bonchev–Trinajstić information content (AvgIpc) is 3.37. The standard InChI is InChI=1S/C32H34N2O3S2.Li/c1-22-9-7-8-12-26(22)28-19-25(13-14-27(28)30(35)33-29(32(36)37)16-17-38-3)21-34(31-23(2)15-18-39-31)20-24-10-5-4-6-11-24;/h4-15,18-19,29H,16-17,20-21H2,1-3H3,(H,33,35)(H,36,37);/t29-;/m0./s1. The van der Waals surface area contributed by atoms with Gasteiger partial charge >= 0.3 is 5.97 Å². The van der Waals surface area contributed by atoms with E-state index in [9.17, 15) is 14.7 Å². The number of nitrogens with zero attached hydrogens (tertiary/aromatic N) is 1. The molecule has 1 amide bonds. The molecule has 0 saturated carbocycles. The summed E-state index contributed by atoms with van der Waals surface area (Å²) in [5.74, 6) is -0.738. The van der Waals surface area contributed by atoms with Gasteiger partial charge in [0.25, 0.3) is 5.91 Å². The minimum absolute atomic E-state index is 0. The first-order chi connectivity index (χ1) is 18.9. The van der Waals surface area contributed by atoms with Gasteiger partial charge in [0.15, 0.2) is 0 Å². The van der Waals surface area contributed by atoms with Gasteiger partial charge in [-0.3, -0.25) is 4.79 Å². The van der Waals surface area contributed by atoms with Crippen LogP contribution >= 0.6 is 23.1 Å². The van der Waals surface area contributed by atoms with Crippen molar-refractivity contribution in [1.29, 1.82) is 0 Å². The van der Waals surface area contributed by atoms with Crippen molar-refractivity contribution >= 4 is 58.8 Å². The number of aliphatic carboxylic acids is 1. The Kier molecular flexibility index (Phi) is 12.0. The summed E-state index contributed by atoms with van der Waals surface area (Å²) in [6.07, 6.45) is 2.29. The molecule has 0 aliphatic heterocycles. The quantitative estimate of drug-likeness (QED) is 0.185. The maximum absolute atomic E-state index is 13.4. The molecule has 40 heavy (non-hydrogen) atoms. The fraction of sp³-hybridized carbons (Fsp3) is 0.250. The third-order valence-electron chi connectivity index (χ3n) is 6.69. The molecule has 0 aliphatic carbocycles. The van der Waals surface area contributed by atoms with Gasteiger partial charge in [0, 0.05) is 37.5 Å². The molecule has 1 aromatic heterocycles. The number of hydrogen-bond donors (Lipinski definition) is 2. The second-order valence-electron chi connectivity index (χ2n) is 9.59. The van der Waals surface area contributed by atoms with Crippen molar-refractivity contribution in [3.05, 3.63) is 112 Å². The number of aryl methyl sites for hydroxylation is 2. The van der Waals surface area contributed by atoms with Crippen molar-refractivity contribution in [2.24, 2.45) is 0 Å². The van der Waals surface area contributed by atoms with Crippen LogP contribution in [0.4, 0.5) is 5.00 Å². The zero-order valence-electron chi connectivity index (χ0n) is 23.5. The molecule has 203 valence electrons. The number of nitrogens with one attached hydrogen (secondary N) is 1. The van der Waals surface area contributed by atoms with Crippen LogP contribution in [0.5, 0.6) is 0 Å². The second kappa shape index (κ2) is 15.2. The molecular formula is C32H34LiN2O3S2. The van der Waals surface area contributed by atoms with Crippen LogP contribution in [0.1, 0.15) is 39.0 Å². The normalized spacial score (nSPS) is 11.4. The van der Waals surface area contributed by atoms with Crippen molar-refractivity contribution in [2.45, 2.75) is 39.4 Å². The Labute approximate surface area is 257 Å². The van der Waals surface area contributed by atoms with Crippen LogP contribution < -0.4 is 10.2 Å². The molecule has 0 aliphatic rings. The Morgan fingerprint density at radius 2 is 1.60 bits per heavy atom. The van der Waals surface area contributed by atoms with E-state index in [2.05, 4.69) is 58.9 Å². The largest absolute Gasteiger partial charge is 0.480 e. The second-order valence-corrected chi connectivity index (χ2v) is 11.5. The summed E-state index contributed by atoms with van der Waals surface area (Å²) in [7, 11) is 0. The molecule has 8 heteroatoms. The number of thioether (sulfide) groups is 1. The number of thiophene rings is 1. The molecule has 0 spiro atoms. The summed E-state index contributed by atoms with van der Waals surface area (Å²) >= 11 is 3.29. The fourth-order valence-corrected chi connectivity index (χ4v) is 6.03. The van der Waals surface area contributed by atoms with Crippen molar-refractivity contribution in [1.82, 2.24) is 5.32 Å². The van der Waals surface area contributed by atoms with E-state index in [1.807, 2.05) is 55.6 Å². The number of carboxylic acids is 1. The molecule has 2 N–H and O–H groups in total. The number of benzene rings is 3. The van der Waals surface area contributed by atoms with Crippen molar-refractivity contribution in [2.75, 3.05) is 16.9 Å². The number of anilines is 1. The predicted molar refractivity (Wildman–Crippen MR) is 170 cm³/mol. The van der Waals surface area contributed by atoms with Crippen LogP contribution in [0.2, 0.25) is 0 Å². The van der Waals surface area contributed by atoms with E-state index in [0.717, 1.165) is 28.8 Å². The maximum atomic E-state index is 13.4. The van der Waals surface area contributed by atoms with Crippen molar-refractivity contribution in [3.8, 4) is 11.1 Å². The van der Waals surface area contributed by atoms with E-state index in [0.29, 0.717) is 24.3 Å². The molecule has 1 atom stereocenters. The van der Waals surface area contributed by atoms with Gasteiger partial charge in [-0.1, -0.05) is 60.7 Å². The van der Waals surface area contributed by atoms with E-state index < -0.39 is 12.0 Å². The molecule has 0 unspecified atom stereocenters. The Bertz CT molecular complexity index is 1420. The van der Waals surface area contributed by atoms with Crippen LogP contribution in [0.3, 0.4) is 0 Å². The molecule has 3 aromatic carbocycles. The fourth-order valence-electron chi connectivity index (χ4n) is 4.63. The maximum Gasteiger partial charge on any atom is 0.326 e. The number of rotatable bonds is 12. The first kappa shape index (κ1) is 31.6. The number of amides is 1. The third-order valence-corrected chi connectivity index (χ3v) is 8.41. The summed E-state index contributed by atoms with van der Waals surface area (Å²) in [6, 6.07) is 25.5. The average molecular weight is 566 g/mol. The molecule has 0 bridgehead atoms. The molecule has 4 aromatic rings. The van der Waals surface area contributed by atoms with E-state index in [1.165, 1.54) is 16.1 Å². The monoisotopic (exact) mass is 565 g/mol. The summed E-state index contributed by atoms with van der Waals surface area (Å²) < 4.78 is 0. The van der Waals surface area contributed by atoms with E-state index in [1.54, 1.807) is 23.1 Å². The Hall–Kier alpha value is -2.95. The molecule has 1 radical (unpaired) electrons. The van der Waals surface area contributed by atoms with Gasteiger partial charge in [-0.25, -0.2) is 4.79 Å². The smallest absolute Gasteiger partial charge is 0.326 e. The Morgan fingerprint density at radius 3 is 2.25 bits per heavy atom. The van der Waals surface area contributed by atoms with Crippen LogP contribution in [0, 0.1) is 13.8 Å². The number of carbonyl (C=O) groups is 2. The molecule has 0 saturated heterocycles. The predicted octanol–water partition coefficient (Wildman–Crippen LogP) is 6.79. The molecule has 4 rings (SSSR count). The van der Waals surface area contributed by atoms with Crippen molar-refractivity contribution in [3.63, 3.8) is 0 Å². The molecule has 5 nitrogen and oxygen atoms in total. The Morgan fingerprint density at radius 1 is 0.900 bits per heavy atom. The minimum Gasteiger partial charge on any atom is -0.480 e. The van der Waals surface area contributed by atoms with Gasteiger partial charge in [-0.05, 0) is 89.2 Å². The van der Waals surface area contributed by atoms with Crippen LogP contribution in [0.25, 0.3) is 11.1 Å². The Balaban J connectivity index is 0.00000441. The number of carbonyl (C=O) groups excluding carboxylic acids is 1. The SMILES string of the molecule is CSCC[C@H](NC(=O)c1ccc(CN(Cc2ccccc2)c2sccc2C)cc1-c1ccccc1C)C(=O)O.[Li]. The summed E-state index contributed by atoms with van der Waals surface area (Å²) in [5.41, 5.74) is 6.83. The van der Waals surface area contributed by atoms with Gasteiger partial charge in [0.05, 0.1) is 5.00 Å². The van der Waals surface area contributed by atoms with E-state index in [4.69, 9.17) is 0 Å². The molecular weight excluding hydrogens is 531 g/mol. The van der Waals surface area contributed by atoms with E-state index in [-0.39, 0.29) is 24.8 Å². The van der Waals surface area contributed by atoms with Crippen LogP contribution in [-0.2, 0) is 17.9 Å². The topological polar surface area (TPSA) is 69.6 Å². The first-order valence-electron chi connectivity index (χ1n) is 12.9. The number of hydrogen-bond acceptors (Lipinski definition) is 5.